The molecule has 1 rings (SSSR count). The Morgan fingerprint density at radius 1 is 1.00 bits per heavy atom. The first-order valence-corrected chi connectivity index (χ1v) is 8.94. The van der Waals surface area contributed by atoms with Gasteiger partial charge in [-0.3, -0.25) is 0 Å². The van der Waals surface area contributed by atoms with E-state index in [1.165, 1.54) is 38.5 Å². The number of carbonyl (C=O) groups excluding carboxylic acids is 1. The number of benzene rings is 1. The van der Waals surface area contributed by atoms with E-state index in [9.17, 15) is 4.79 Å². The molecular weight excluding hydrogens is 288 g/mol. The van der Waals surface area contributed by atoms with Crippen molar-refractivity contribution < 1.29 is 14.3 Å². The molecule has 0 radical (unpaired) electrons. The lowest BCUT2D eigenvalue weighted by atomic mass is 10.1. The first-order chi connectivity index (χ1) is 11.2. The normalized spacial score (nSPS) is 12.1. The lowest BCUT2D eigenvalue weighted by Crippen LogP contribution is -2.23. The summed E-state index contributed by atoms with van der Waals surface area (Å²) in [6, 6.07) is 7.49. The van der Waals surface area contributed by atoms with E-state index in [4.69, 9.17) is 9.47 Å². The van der Waals surface area contributed by atoms with Crippen molar-refractivity contribution in [1.29, 1.82) is 0 Å². The predicted octanol–water partition coefficient (Wildman–Crippen LogP) is 5.31. The second-order valence-corrected chi connectivity index (χ2v) is 6.26. The topological polar surface area (TPSA) is 35.5 Å². The Kier molecular flexibility index (Phi) is 10.4. The van der Waals surface area contributed by atoms with Gasteiger partial charge in [-0.2, -0.15) is 0 Å². The van der Waals surface area contributed by atoms with Crippen LogP contribution in [0.2, 0.25) is 0 Å². The van der Waals surface area contributed by atoms with Crippen LogP contribution in [0.25, 0.3) is 0 Å². The fourth-order valence-electron chi connectivity index (χ4n) is 2.60. The van der Waals surface area contributed by atoms with Crippen molar-refractivity contribution in [3.8, 4) is 0 Å². The van der Waals surface area contributed by atoms with Gasteiger partial charge in [0.25, 0.3) is 0 Å². The van der Waals surface area contributed by atoms with Gasteiger partial charge < -0.3 is 9.47 Å². The van der Waals surface area contributed by atoms with Crippen LogP contribution in [0.5, 0.6) is 0 Å². The van der Waals surface area contributed by atoms with Crippen LogP contribution >= 0.6 is 0 Å². The molecule has 0 saturated carbocycles. The van der Waals surface area contributed by atoms with Gasteiger partial charge in [0.2, 0.25) is 0 Å². The third kappa shape index (κ3) is 8.75. The van der Waals surface area contributed by atoms with Gasteiger partial charge in [0.05, 0.1) is 12.2 Å². The molecule has 1 atom stereocenters. The summed E-state index contributed by atoms with van der Waals surface area (Å²) in [5.74, 6) is -0.255. The molecule has 0 N–H and O–H groups in total. The highest BCUT2D eigenvalue weighted by Gasteiger charge is 2.15. The minimum Gasteiger partial charge on any atom is -0.456 e. The lowest BCUT2D eigenvalue weighted by molar-refractivity contribution is 0.00237. The summed E-state index contributed by atoms with van der Waals surface area (Å²) in [7, 11) is 1.65. The third-order valence-corrected chi connectivity index (χ3v) is 4.04. The van der Waals surface area contributed by atoms with Gasteiger partial charge in [-0.15, -0.1) is 0 Å². The third-order valence-electron chi connectivity index (χ3n) is 4.04. The monoisotopic (exact) mass is 320 g/mol. The van der Waals surface area contributed by atoms with E-state index >= 15 is 0 Å². The zero-order chi connectivity index (χ0) is 16.9. The number of methoxy groups -OCH3 is 1. The van der Waals surface area contributed by atoms with Crippen molar-refractivity contribution in [2.75, 3.05) is 13.7 Å². The molecule has 0 aliphatic carbocycles. The number of esters is 1. The fourth-order valence-corrected chi connectivity index (χ4v) is 2.60. The van der Waals surface area contributed by atoms with E-state index in [1.54, 1.807) is 7.11 Å². The van der Waals surface area contributed by atoms with Gasteiger partial charge in [-0.25, -0.2) is 4.79 Å². The van der Waals surface area contributed by atoms with E-state index in [-0.39, 0.29) is 12.1 Å². The molecule has 0 heterocycles. The number of ether oxygens (including phenoxy) is 2. The lowest BCUT2D eigenvalue weighted by Gasteiger charge is -2.17. The van der Waals surface area contributed by atoms with E-state index in [1.807, 2.05) is 31.2 Å². The van der Waals surface area contributed by atoms with Crippen LogP contribution in [0.15, 0.2) is 24.3 Å². The van der Waals surface area contributed by atoms with Gasteiger partial charge in [0.1, 0.15) is 6.10 Å². The molecule has 0 amide bonds. The van der Waals surface area contributed by atoms with Crippen LogP contribution in [0.3, 0.4) is 0 Å². The van der Waals surface area contributed by atoms with Crippen molar-refractivity contribution in [3.63, 3.8) is 0 Å². The Bertz CT molecular complexity index is 425. The second-order valence-electron chi connectivity index (χ2n) is 6.26. The molecule has 0 aromatic heterocycles. The molecule has 0 aliphatic heterocycles. The van der Waals surface area contributed by atoms with Gasteiger partial charge in [0.15, 0.2) is 0 Å². The predicted molar refractivity (Wildman–Crippen MR) is 94.9 cm³/mol. The number of carbonyl (C=O) groups is 1. The largest absolute Gasteiger partial charge is 0.456 e. The Morgan fingerprint density at radius 2 is 1.61 bits per heavy atom. The zero-order valence-corrected chi connectivity index (χ0v) is 15.0. The number of aryl methyl sites for hydroxylation is 1. The molecule has 1 aromatic carbocycles. The first kappa shape index (κ1) is 19.7. The number of hydrogen-bond donors (Lipinski definition) is 0. The highest BCUT2D eigenvalue weighted by Crippen LogP contribution is 2.13. The first-order valence-electron chi connectivity index (χ1n) is 8.94. The molecule has 3 nitrogen and oxygen atoms in total. The summed E-state index contributed by atoms with van der Waals surface area (Å²) in [4.78, 5) is 12.2. The standard InChI is InChI=1S/C20H32O3/c1-4-5-6-7-8-9-10-11-19(16-22-3)23-20(21)18-14-12-17(2)13-15-18/h12-15,19H,4-11,16H2,1-3H3. The van der Waals surface area contributed by atoms with Crippen molar-refractivity contribution in [1.82, 2.24) is 0 Å². The van der Waals surface area contributed by atoms with Crippen molar-refractivity contribution in [2.45, 2.75) is 71.3 Å². The molecule has 0 saturated heterocycles. The average Bonchev–Trinajstić information content (AvgIpc) is 2.54. The summed E-state index contributed by atoms with van der Waals surface area (Å²) in [5, 5.41) is 0. The minimum atomic E-state index is -0.255. The Hall–Kier alpha value is -1.35. The number of rotatable bonds is 12. The van der Waals surface area contributed by atoms with Gasteiger partial charge in [0, 0.05) is 7.11 Å². The van der Waals surface area contributed by atoms with Crippen molar-refractivity contribution in [2.24, 2.45) is 0 Å². The second kappa shape index (κ2) is 12.1. The maximum Gasteiger partial charge on any atom is 0.338 e. The number of hydrogen-bond acceptors (Lipinski definition) is 3. The van der Waals surface area contributed by atoms with Crippen LogP contribution in [0, 0.1) is 6.92 Å². The molecule has 0 spiro atoms. The van der Waals surface area contributed by atoms with Gasteiger partial charge in [-0.1, -0.05) is 63.1 Å². The summed E-state index contributed by atoms with van der Waals surface area (Å²) in [6.07, 6.45) is 9.54. The molecule has 0 fully saturated rings. The molecule has 130 valence electrons. The fraction of sp³-hybridized carbons (Fsp3) is 0.650. The maximum atomic E-state index is 12.2. The smallest absolute Gasteiger partial charge is 0.338 e. The van der Waals surface area contributed by atoms with Crippen LogP contribution in [0.1, 0.15) is 74.2 Å². The minimum absolute atomic E-state index is 0.149. The molecule has 3 heteroatoms. The van der Waals surface area contributed by atoms with Gasteiger partial charge in [-0.05, 0) is 31.9 Å². The molecular formula is C20H32O3. The van der Waals surface area contributed by atoms with Gasteiger partial charge >= 0.3 is 5.97 Å². The molecule has 1 aromatic rings. The van der Waals surface area contributed by atoms with Crippen LogP contribution in [-0.4, -0.2) is 25.8 Å². The highest BCUT2D eigenvalue weighted by molar-refractivity contribution is 5.89. The number of unbranched alkanes of at least 4 members (excludes halogenated alkanes) is 6. The summed E-state index contributed by atoms with van der Waals surface area (Å²) >= 11 is 0. The summed E-state index contributed by atoms with van der Waals surface area (Å²) < 4.78 is 10.8. The molecule has 1 unspecified atom stereocenters. The zero-order valence-electron chi connectivity index (χ0n) is 15.0. The van der Waals surface area contributed by atoms with E-state index in [0.717, 1.165) is 18.4 Å². The quantitative estimate of drug-likeness (QED) is 0.387. The van der Waals surface area contributed by atoms with Crippen LogP contribution in [0.4, 0.5) is 0 Å². The SMILES string of the molecule is CCCCCCCCCC(COC)OC(=O)c1ccc(C)cc1. The van der Waals surface area contributed by atoms with E-state index in [2.05, 4.69) is 6.92 Å². The van der Waals surface area contributed by atoms with Crippen molar-refractivity contribution >= 4 is 5.97 Å². The van der Waals surface area contributed by atoms with E-state index < -0.39 is 0 Å². The Labute approximate surface area is 141 Å². The Morgan fingerprint density at radius 3 is 2.22 bits per heavy atom. The Balaban J connectivity index is 2.30. The van der Waals surface area contributed by atoms with Crippen molar-refractivity contribution in [3.05, 3.63) is 35.4 Å². The van der Waals surface area contributed by atoms with Crippen LogP contribution in [-0.2, 0) is 9.47 Å². The molecule has 0 bridgehead atoms. The van der Waals surface area contributed by atoms with Crippen LogP contribution < -0.4 is 0 Å². The maximum absolute atomic E-state index is 12.2. The summed E-state index contributed by atoms with van der Waals surface area (Å²) in [6.45, 7) is 4.70. The molecule has 0 aliphatic rings. The highest BCUT2D eigenvalue weighted by atomic mass is 16.6. The molecule has 23 heavy (non-hydrogen) atoms. The summed E-state index contributed by atoms with van der Waals surface area (Å²) in [5.41, 5.74) is 1.74. The average molecular weight is 320 g/mol. The van der Waals surface area contributed by atoms with E-state index in [0.29, 0.717) is 12.2 Å².